The number of hydrogen-bond donors (Lipinski definition) is 1. The maximum atomic E-state index is 12.6. The van der Waals surface area contributed by atoms with Gasteiger partial charge in [-0.05, 0) is 38.0 Å². The molecule has 1 saturated carbocycles. The molecule has 27 heavy (non-hydrogen) atoms. The van der Waals surface area contributed by atoms with Crippen molar-refractivity contribution in [2.24, 2.45) is 5.41 Å². The Kier molecular flexibility index (Phi) is 4.64. The second-order valence-corrected chi connectivity index (χ2v) is 7.67. The summed E-state index contributed by atoms with van der Waals surface area (Å²) in [5.41, 5.74) is 2.39. The Balaban J connectivity index is 1.34. The van der Waals surface area contributed by atoms with Gasteiger partial charge >= 0.3 is 0 Å². The fourth-order valence-electron chi connectivity index (χ4n) is 3.69. The molecular weight excluding hydrogens is 340 g/mol. The topological polar surface area (TPSA) is 75.2 Å². The second-order valence-electron chi connectivity index (χ2n) is 7.67. The second kappa shape index (κ2) is 7.10. The van der Waals surface area contributed by atoms with E-state index in [4.69, 9.17) is 0 Å². The van der Waals surface area contributed by atoms with Crippen LogP contribution in [0.2, 0.25) is 0 Å². The normalized spacial score (nSPS) is 18.8. The molecule has 0 radical (unpaired) electrons. The van der Waals surface area contributed by atoms with E-state index in [1.54, 1.807) is 13.1 Å². The van der Waals surface area contributed by atoms with Crippen molar-refractivity contribution in [3.63, 3.8) is 0 Å². The summed E-state index contributed by atoms with van der Waals surface area (Å²) >= 11 is 0. The summed E-state index contributed by atoms with van der Waals surface area (Å²) in [4.78, 5) is 35.4. The lowest BCUT2D eigenvalue weighted by Crippen LogP contribution is -2.49. The predicted molar refractivity (Wildman–Crippen MR) is 102 cm³/mol. The minimum Gasteiger partial charge on any atom is -0.341 e. The van der Waals surface area contributed by atoms with E-state index in [2.05, 4.69) is 15.3 Å². The Labute approximate surface area is 159 Å². The number of carbonyl (C=O) groups is 2. The molecule has 1 aliphatic heterocycles. The highest BCUT2D eigenvalue weighted by molar-refractivity contribution is 5.95. The first kappa shape index (κ1) is 17.6. The van der Waals surface area contributed by atoms with E-state index in [0.29, 0.717) is 11.1 Å². The lowest BCUT2D eigenvalue weighted by Gasteiger charge is -2.33. The predicted octanol–water partition coefficient (Wildman–Crippen LogP) is 2.66. The van der Waals surface area contributed by atoms with Gasteiger partial charge in [0, 0.05) is 18.7 Å². The van der Waals surface area contributed by atoms with Crippen molar-refractivity contribution in [2.45, 2.75) is 38.6 Å². The first-order chi connectivity index (χ1) is 13.1. The third-order valence-corrected chi connectivity index (χ3v) is 5.76. The largest absolute Gasteiger partial charge is 0.341 e. The summed E-state index contributed by atoms with van der Waals surface area (Å²) in [6, 6.07) is 9.10. The molecule has 2 aromatic rings. The van der Waals surface area contributed by atoms with E-state index in [-0.39, 0.29) is 17.5 Å². The minimum absolute atomic E-state index is 0.0206. The Morgan fingerprint density at radius 1 is 1.04 bits per heavy atom. The van der Waals surface area contributed by atoms with Gasteiger partial charge in [-0.2, -0.15) is 0 Å². The molecule has 4 rings (SSSR count). The molecule has 1 aliphatic carbocycles. The number of piperidine rings is 1. The van der Waals surface area contributed by atoms with Crippen LogP contribution in [-0.4, -0.2) is 45.8 Å². The van der Waals surface area contributed by atoms with E-state index < -0.39 is 6.04 Å². The van der Waals surface area contributed by atoms with Crippen LogP contribution in [0, 0.1) is 5.41 Å². The van der Waals surface area contributed by atoms with Crippen LogP contribution in [0.1, 0.15) is 43.1 Å². The van der Waals surface area contributed by atoms with Gasteiger partial charge < -0.3 is 10.2 Å². The molecule has 1 aromatic carbocycles. The summed E-state index contributed by atoms with van der Waals surface area (Å²) in [5.74, 6) is -0.397. The third kappa shape index (κ3) is 3.84. The average molecular weight is 364 g/mol. The number of aromatic nitrogens is 2. The SMILES string of the molecule is C[C@H](NC(=O)c1cnc(-c2ccccc2)cn1)C(=O)N1CCC2(CC1)CC2. The number of nitrogens with zero attached hydrogens (tertiary/aromatic N) is 3. The summed E-state index contributed by atoms with van der Waals surface area (Å²) in [6.07, 6.45) is 7.82. The van der Waals surface area contributed by atoms with E-state index in [1.165, 1.54) is 19.0 Å². The van der Waals surface area contributed by atoms with Crippen molar-refractivity contribution in [1.29, 1.82) is 0 Å². The van der Waals surface area contributed by atoms with Crippen LogP contribution in [-0.2, 0) is 4.79 Å². The van der Waals surface area contributed by atoms with Crippen LogP contribution < -0.4 is 5.32 Å². The van der Waals surface area contributed by atoms with Gasteiger partial charge in [0.15, 0.2) is 0 Å². The molecule has 0 bridgehead atoms. The van der Waals surface area contributed by atoms with Gasteiger partial charge in [-0.25, -0.2) is 4.98 Å². The summed E-state index contributed by atoms with van der Waals surface area (Å²) in [7, 11) is 0. The van der Waals surface area contributed by atoms with Gasteiger partial charge in [0.2, 0.25) is 5.91 Å². The van der Waals surface area contributed by atoms with Gasteiger partial charge in [0.1, 0.15) is 11.7 Å². The minimum atomic E-state index is -0.568. The van der Waals surface area contributed by atoms with Gasteiger partial charge in [0.05, 0.1) is 18.1 Å². The van der Waals surface area contributed by atoms with Crippen LogP contribution in [0.3, 0.4) is 0 Å². The highest BCUT2D eigenvalue weighted by Gasteiger charge is 2.45. The number of hydrogen-bond acceptors (Lipinski definition) is 4. The molecule has 1 N–H and O–H groups in total. The highest BCUT2D eigenvalue weighted by Crippen LogP contribution is 2.53. The van der Waals surface area contributed by atoms with Crippen molar-refractivity contribution in [3.8, 4) is 11.3 Å². The molecule has 2 amide bonds. The van der Waals surface area contributed by atoms with E-state index in [0.717, 1.165) is 31.5 Å². The average Bonchev–Trinajstić information content (AvgIpc) is 3.47. The molecule has 1 spiro atoms. The zero-order valence-electron chi connectivity index (χ0n) is 15.5. The number of nitrogens with one attached hydrogen (secondary N) is 1. The van der Waals surface area contributed by atoms with E-state index in [1.807, 2.05) is 35.2 Å². The quantitative estimate of drug-likeness (QED) is 0.905. The molecule has 2 aliphatic rings. The summed E-state index contributed by atoms with van der Waals surface area (Å²) in [6.45, 7) is 3.32. The number of carbonyl (C=O) groups excluding carboxylic acids is 2. The Morgan fingerprint density at radius 3 is 2.33 bits per heavy atom. The zero-order chi connectivity index (χ0) is 18.9. The molecule has 140 valence electrons. The van der Waals surface area contributed by atoms with Crippen molar-refractivity contribution in [3.05, 3.63) is 48.4 Å². The smallest absolute Gasteiger partial charge is 0.272 e. The molecule has 1 aromatic heterocycles. The van der Waals surface area contributed by atoms with Crippen LogP contribution in [0.25, 0.3) is 11.3 Å². The van der Waals surface area contributed by atoms with Crippen molar-refractivity contribution < 1.29 is 9.59 Å². The highest BCUT2D eigenvalue weighted by atomic mass is 16.2. The van der Waals surface area contributed by atoms with Gasteiger partial charge in [-0.3, -0.25) is 14.6 Å². The summed E-state index contributed by atoms with van der Waals surface area (Å²) < 4.78 is 0. The van der Waals surface area contributed by atoms with Crippen LogP contribution in [0.5, 0.6) is 0 Å². The molecule has 0 unspecified atom stereocenters. The standard InChI is InChI=1S/C21H24N4O2/c1-15(20(27)25-11-9-21(7-8-21)10-12-25)24-19(26)18-14-22-17(13-23-18)16-5-3-2-4-6-16/h2-6,13-15H,7-12H2,1H3,(H,24,26)/t15-/m0/s1. The lowest BCUT2D eigenvalue weighted by atomic mass is 9.93. The zero-order valence-corrected chi connectivity index (χ0v) is 15.5. The molecular formula is C21H24N4O2. The Bertz CT molecular complexity index is 821. The maximum Gasteiger partial charge on any atom is 0.272 e. The van der Waals surface area contributed by atoms with Crippen LogP contribution >= 0.6 is 0 Å². The number of likely N-dealkylation sites (tertiary alicyclic amines) is 1. The number of benzene rings is 1. The van der Waals surface area contributed by atoms with Gasteiger partial charge in [0.25, 0.3) is 5.91 Å². The van der Waals surface area contributed by atoms with E-state index >= 15 is 0 Å². The van der Waals surface area contributed by atoms with Crippen LogP contribution in [0.4, 0.5) is 0 Å². The molecule has 1 saturated heterocycles. The van der Waals surface area contributed by atoms with Crippen molar-refractivity contribution in [1.82, 2.24) is 20.2 Å². The number of amides is 2. The third-order valence-electron chi connectivity index (χ3n) is 5.76. The Hall–Kier alpha value is -2.76. The van der Waals surface area contributed by atoms with Crippen molar-refractivity contribution in [2.75, 3.05) is 13.1 Å². The van der Waals surface area contributed by atoms with Gasteiger partial charge in [-0.1, -0.05) is 30.3 Å². The van der Waals surface area contributed by atoms with E-state index in [9.17, 15) is 9.59 Å². The number of rotatable bonds is 4. The molecule has 2 fully saturated rings. The van der Waals surface area contributed by atoms with Crippen molar-refractivity contribution >= 4 is 11.8 Å². The fourth-order valence-corrected chi connectivity index (χ4v) is 3.69. The van der Waals surface area contributed by atoms with Crippen LogP contribution in [0.15, 0.2) is 42.7 Å². The fraction of sp³-hybridized carbons (Fsp3) is 0.429. The van der Waals surface area contributed by atoms with Gasteiger partial charge in [-0.15, -0.1) is 0 Å². The molecule has 6 nitrogen and oxygen atoms in total. The monoisotopic (exact) mass is 364 g/mol. The Morgan fingerprint density at radius 2 is 1.74 bits per heavy atom. The summed E-state index contributed by atoms with van der Waals surface area (Å²) in [5, 5.41) is 2.76. The first-order valence-corrected chi connectivity index (χ1v) is 9.53. The molecule has 6 heteroatoms. The maximum absolute atomic E-state index is 12.6. The molecule has 2 heterocycles. The lowest BCUT2D eigenvalue weighted by molar-refractivity contribution is -0.134. The first-order valence-electron chi connectivity index (χ1n) is 9.53. The molecule has 1 atom stereocenters.